The topological polar surface area (TPSA) is 99.1 Å². The largest absolute Gasteiger partial charge is 0.462 e. The van der Waals surface area contributed by atoms with Gasteiger partial charge in [0.15, 0.2) is 0 Å². The van der Waals surface area contributed by atoms with Crippen LogP contribution in [0.1, 0.15) is 51.0 Å². The van der Waals surface area contributed by atoms with E-state index >= 15 is 0 Å². The number of hydrogen-bond acceptors (Lipinski definition) is 5. The Morgan fingerprint density at radius 2 is 2.15 bits per heavy atom. The highest BCUT2D eigenvalue weighted by Gasteiger charge is 2.26. The Morgan fingerprint density at radius 1 is 1.38 bits per heavy atom. The number of pyridine rings is 1. The first-order valence-corrected chi connectivity index (χ1v) is 8.41. The van der Waals surface area contributed by atoms with E-state index in [0.29, 0.717) is 29.1 Å². The summed E-state index contributed by atoms with van der Waals surface area (Å²) in [6.07, 6.45) is 3.56. The number of aromatic amines is 1. The Bertz CT molecular complexity index is 821. The summed E-state index contributed by atoms with van der Waals surface area (Å²) >= 11 is 0. The summed E-state index contributed by atoms with van der Waals surface area (Å²) in [4.78, 5) is 33.8. The lowest BCUT2D eigenvalue weighted by Gasteiger charge is -2.21. The van der Waals surface area contributed by atoms with Gasteiger partial charge in [0.25, 0.3) is 5.91 Å². The number of nitrogens with one attached hydrogen (secondary N) is 1. The molecule has 1 amide bonds. The molecule has 0 saturated carbocycles. The first kappa shape index (κ1) is 19.2. The number of carbonyl (C=O) groups is 2. The van der Waals surface area contributed by atoms with E-state index in [1.54, 1.807) is 44.1 Å². The third-order valence-electron chi connectivity index (χ3n) is 4.01. The van der Waals surface area contributed by atoms with Crippen molar-refractivity contribution in [2.24, 2.45) is 0 Å². The maximum Gasteiger partial charge on any atom is 0.340 e. The quantitative estimate of drug-likeness (QED) is 0.771. The van der Waals surface area contributed by atoms with Crippen LogP contribution in [0, 0.1) is 25.2 Å². The molecule has 0 unspecified atom stereocenters. The number of rotatable bonds is 7. The van der Waals surface area contributed by atoms with Crippen molar-refractivity contribution in [2.45, 2.75) is 33.7 Å². The number of nitriles is 1. The van der Waals surface area contributed by atoms with Crippen molar-refractivity contribution in [2.75, 3.05) is 13.2 Å². The zero-order chi connectivity index (χ0) is 19.1. The van der Waals surface area contributed by atoms with Gasteiger partial charge in [0.2, 0.25) is 0 Å². The second-order valence-corrected chi connectivity index (χ2v) is 5.84. The maximum atomic E-state index is 13.0. The van der Waals surface area contributed by atoms with Gasteiger partial charge in [-0.15, -0.1) is 0 Å². The molecule has 7 nitrogen and oxygen atoms in total. The van der Waals surface area contributed by atoms with Crippen LogP contribution in [0.5, 0.6) is 0 Å². The first-order chi connectivity index (χ1) is 12.5. The highest BCUT2D eigenvalue weighted by atomic mass is 16.5. The zero-order valence-electron chi connectivity index (χ0n) is 15.2. The number of carbonyl (C=O) groups excluding carboxylic acids is 2. The summed E-state index contributed by atoms with van der Waals surface area (Å²) in [5.41, 5.74) is 2.74. The van der Waals surface area contributed by atoms with E-state index in [4.69, 9.17) is 10.00 Å². The summed E-state index contributed by atoms with van der Waals surface area (Å²) < 4.78 is 5.07. The third-order valence-corrected chi connectivity index (χ3v) is 4.01. The Kier molecular flexibility index (Phi) is 6.50. The Labute approximate surface area is 152 Å². The fourth-order valence-electron chi connectivity index (χ4n) is 2.78. The third kappa shape index (κ3) is 4.28. The second kappa shape index (κ2) is 8.81. The summed E-state index contributed by atoms with van der Waals surface area (Å²) in [6.45, 7) is 6.07. The first-order valence-electron chi connectivity index (χ1n) is 8.41. The molecule has 0 aliphatic rings. The molecular weight excluding hydrogens is 332 g/mol. The molecular formula is C19H22N4O3. The van der Waals surface area contributed by atoms with Crippen LogP contribution in [0.25, 0.3) is 0 Å². The number of aromatic nitrogens is 2. The number of aryl methyl sites for hydroxylation is 1. The summed E-state index contributed by atoms with van der Waals surface area (Å²) in [5.74, 6) is -0.714. The number of H-pyrrole nitrogens is 1. The Balaban J connectivity index is 2.32. The van der Waals surface area contributed by atoms with Crippen LogP contribution in [0.15, 0.2) is 24.5 Å². The molecule has 0 radical (unpaired) electrons. The van der Waals surface area contributed by atoms with Gasteiger partial charge in [-0.3, -0.25) is 9.78 Å². The molecule has 26 heavy (non-hydrogen) atoms. The van der Waals surface area contributed by atoms with Gasteiger partial charge in [0, 0.05) is 31.2 Å². The van der Waals surface area contributed by atoms with Gasteiger partial charge in [-0.05, 0) is 38.0 Å². The minimum absolute atomic E-state index is 0.218. The van der Waals surface area contributed by atoms with Crippen molar-refractivity contribution >= 4 is 11.9 Å². The number of nitrogens with zero attached hydrogens (tertiary/aromatic N) is 3. The molecule has 2 heterocycles. The molecule has 7 heteroatoms. The van der Waals surface area contributed by atoms with Gasteiger partial charge in [-0.1, -0.05) is 6.07 Å². The number of esters is 1. The molecule has 0 aliphatic carbocycles. The Hall–Kier alpha value is -3.14. The molecule has 0 saturated heterocycles. The summed E-state index contributed by atoms with van der Waals surface area (Å²) in [7, 11) is 0. The predicted octanol–water partition coefficient (Wildman–Crippen LogP) is 2.76. The molecule has 1 N–H and O–H groups in total. The van der Waals surface area contributed by atoms with Crippen molar-refractivity contribution in [3.63, 3.8) is 0 Å². The lowest BCUT2D eigenvalue weighted by molar-refractivity contribution is 0.0525. The van der Waals surface area contributed by atoms with Gasteiger partial charge in [-0.25, -0.2) is 4.79 Å². The molecule has 0 bridgehead atoms. The van der Waals surface area contributed by atoms with Crippen molar-refractivity contribution < 1.29 is 14.3 Å². The predicted molar refractivity (Wildman–Crippen MR) is 95.4 cm³/mol. The number of hydrogen-bond donors (Lipinski definition) is 1. The van der Waals surface area contributed by atoms with Crippen LogP contribution in [-0.4, -0.2) is 39.9 Å². The molecule has 2 aromatic heterocycles. The molecule has 0 aliphatic heterocycles. The molecule has 2 aromatic rings. The van der Waals surface area contributed by atoms with Crippen molar-refractivity contribution in [3.8, 4) is 6.07 Å². The lowest BCUT2D eigenvalue weighted by atomic mass is 10.1. The monoisotopic (exact) mass is 354 g/mol. The smallest absolute Gasteiger partial charge is 0.340 e. The van der Waals surface area contributed by atoms with Crippen molar-refractivity contribution in [1.29, 1.82) is 5.26 Å². The fraction of sp³-hybridized carbons (Fsp3) is 0.368. The SMILES string of the molecule is CCOC(=O)c1c(C)[nH]c(C(=O)N(CCC#N)Cc2cccnc2)c1C. The minimum atomic E-state index is -0.450. The molecule has 0 spiro atoms. The van der Waals surface area contributed by atoms with Gasteiger partial charge in [0.1, 0.15) is 5.69 Å². The molecule has 2 rings (SSSR count). The lowest BCUT2D eigenvalue weighted by Crippen LogP contribution is -2.32. The van der Waals surface area contributed by atoms with Gasteiger partial charge in [0.05, 0.1) is 24.7 Å². The second-order valence-electron chi connectivity index (χ2n) is 5.84. The van der Waals surface area contributed by atoms with Crippen LogP contribution in [0.3, 0.4) is 0 Å². The standard InChI is InChI=1S/C19H22N4O3/c1-4-26-19(25)16-13(2)17(22-14(16)3)18(24)23(10-6-8-20)12-15-7-5-9-21-11-15/h5,7,9,11,22H,4,6,10,12H2,1-3H3. The van der Waals surface area contributed by atoms with E-state index in [1.807, 2.05) is 6.07 Å². The summed E-state index contributed by atoms with van der Waals surface area (Å²) in [6, 6.07) is 5.73. The normalized spacial score (nSPS) is 10.2. The maximum absolute atomic E-state index is 13.0. The highest BCUT2D eigenvalue weighted by molar-refractivity contribution is 6.00. The van der Waals surface area contributed by atoms with Crippen LogP contribution in [0.4, 0.5) is 0 Å². The number of amides is 1. The van der Waals surface area contributed by atoms with Crippen molar-refractivity contribution in [3.05, 3.63) is 52.6 Å². The average Bonchev–Trinajstić information content (AvgIpc) is 2.93. The Morgan fingerprint density at radius 3 is 2.77 bits per heavy atom. The van der Waals surface area contributed by atoms with Gasteiger partial charge < -0.3 is 14.6 Å². The summed E-state index contributed by atoms with van der Waals surface area (Å²) in [5, 5.41) is 8.90. The van der Waals surface area contributed by atoms with Crippen LogP contribution >= 0.6 is 0 Å². The fourth-order valence-corrected chi connectivity index (χ4v) is 2.78. The average molecular weight is 354 g/mol. The van der Waals surface area contributed by atoms with E-state index in [0.717, 1.165) is 5.56 Å². The molecule has 136 valence electrons. The van der Waals surface area contributed by atoms with Crippen LogP contribution in [0.2, 0.25) is 0 Å². The van der Waals surface area contributed by atoms with E-state index in [1.165, 1.54) is 0 Å². The molecule has 0 atom stereocenters. The van der Waals surface area contributed by atoms with Crippen LogP contribution < -0.4 is 0 Å². The van der Waals surface area contributed by atoms with E-state index in [9.17, 15) is 9.59 Å². The van der Waals surface area contributed by atoms with E-state index in [2.05, 4.69) is 16.0 Å². The van der Waals surface area contributed by atoms with E-state index in [-0.39, 0.29) is 25.5 Å². The van der Waals surface area contributed by atoms with E-state index < -0.39 is 5.97 Å². The molecule has 0 fully saturated rings. The highest BCUT2D eigenvalue weighted by Crippen LogP contribution is 2.21. The van der Waals surface area contributed by atoms with Gasteiger partial charge >= 0.3 is 5.97 Å². The van der Waals surface area contributed by atoms with Gasteiger partial charge in [-0.2, -0.15) is 5.26 Å². The van der Waals surface area contributed by atoms with Crippen LogP contribution in [-0.2, 0) is 11.3 Å². The molecule has 0 aromatic carbocycles. The zero-order valence-corrected chi connectivity index (χ0v) is 15.2. The van der Waals surface area contributed by atoms with Crippen molar-refractivity contribution in [1.82, 2.24) is 14.9 Å². The number of ether oxygens (including phenoxy) is 1. The minimum Gasteiger partial charge on any atom is -0.462 e.